The summed E-state index contributed by atoms with van der Waals surface area (Å²) in [4.78, 5) is 32.4. The van der Waals surface area contributed by atoms with Gasteiger partial charge in [0.05, 0.1) is 10.0 Å². The number of hydrogen-bond donors (Lipinski definition) is 1. The molecule has 0 unspecified atom stereocenters. The van der Waals surface area contributed by atoms with Crippen LogP contribution in [0.5, 0.6) is 0 Å². The Morgan fingerprint density at radius 2 is 1.96 bits per heavy atom. The zero-order valence-electron chi connectivity index (χ0n) is 13.8. The average molecular weight is 401 g/mol. The third-order valence-corrected chi connectivity index (χ3v) is 4.71. The molecule has 25 heavy (non-hydrogen) atoms. The molecule has 0 bridgehead atoms. The van der Waals surface area contributed by atoms with E-state index in [4.69, 9.17) is 23.2 Å². The first-order valence-corrected chi connectivity index (χ1v) is 9.09. The summed E-state index contributed by atoms with van der Waals surface area (Å²) in [6.07, 6.45) is 1.60. The molecule has 0 saturated carbocycles. The third kappa shape index (κ3) is 5.97. The second-order valence-corrected chi connectivity index (χ2v) is 7.25. The summed E-state index contributed by atoms with van der Waals surface area (Å²) < 4.78 is 0. The number of likely N-dealkylation sites (N-methyl/N-ethyl adjacent to an activating group) is 1. The van der Waals surface area contributed by atoms with E-state index in [1.54, 1.807) is 23.7 Å². The molecule has 1 aromatic carbocycles. The van der Waals surface area contributed by atoms with Crippen molar-refractivity contribution in [3.8, 4) is 0 Å². The summed E-state index contributed by atoms with van der Waals surface area (Å²) in [5.74, 6) is -0.586. The number of rotatable bonds is 7. The normalized spacial score (nSPS) is 10.8. The largest absolute Gasteiger partial charge is 0.328 e. The molecule has 0 saturated heterocycles. The second-order valence-electron chi connectivity index (χ2n) is 5.54. The van der Waals surface area contributed by atoms with Crippen molar-refractivity contribution >= 4 is 51.5 Å². The van der Waals surface area contributed by atoms with Crippen LogP contribution in [0.25, 0.3) is 0 Å². The molecule has 2 aromatic rings. The van der Waals surface area contributed by atoms with Crippen molar-refractivity contribution in [3.63, 3.8) is 0 Å². The number of carbonyl (C=O) groups excluding carboxylic acids is 2. The van der Waals surface area contributed by atoms with E-state index in [9.17, 15) is 9.59 Å². The van der Waals surface area contributed by atoms with Crippen LogP contribution in [0.1, 0.15) is 10.4 Å². The van der Waals surface area contributed by atoms with Gasteiger partial charge in [-0.2, -0.15) is 0 Å². The number of anilines is 1. The Morgan fingerprint density at radius 3 is 2.56 bits per heavy atom. The van der Waals surface area contributed by atoms with Crippen LogP contribution < -0.4 is 5.32 Å². The predicted octanol–water partition coefficient (Wildman–Crippen LogP) is 3.09. The molecular weight excluding hydrogens is 383 g/mol. The van der Waals surface area contributed by atoms with Crippen LogP contribution in [0.2, 0.25) is 10.0 Å². The van der Waals surface area contributed by atoms with Gasteiger partial charge in [-0.05, 0) is 32.3 Å². The Hall–Kier alpha value is -1.67. The first-order chi connectivity index (χ1) is 11.9. The number of thiazole rings is 1. The molecule has 9 heteroatoms. The van der Waals surface area contributed by atoms with E-state index in [0.29, 0.717) is 33.8 Å². The molecule has 2 rings (SSSR count). The summed E-state index contributed by atoms with van der Waals surface area (Å²) in [5, 5.41) is 5.62. The Kier molecular flexibility index (Phi) is 7.19. The van der Waals surface area contributed by atoms with E-state index in [1.165, 1.54) is 22.3 Å². The lowest BCUT2D eigenvalue weighted by atomic mass is 10.2. The molecule has 1 aromatic heterocycles. The summed E-state index contributed by atoms with van der Waals surface area (Å²) in [6, 6.07) is 4.67. The smallest absolute Gasteiger partial charge is 0.254 e. The SMILES string of the molecule is CN(C)CCN(CC(=O)Nc1nccs1)C(=O)c1ccc(Cl)c(Cl)c1. The van der Waals surface area contributed by atoms with E-state index in [1.807, 2.05) is 19.0 Å². The minimum absolute atomic E-state index is 0.0769. The molecule has 1 heterocycles. The molecular formula is C16H18Cl2N4O2S. The fourth-order valence-electron chi connectivity index (χ4n) is 2.00. The van der Waals surface area contributed by atoms with Gasteiger partial charge in [-0.3, -0.25) is 9.59 Å². The summed E-state index contributed by atoms with van der Waals surface area (Å²) in [6.45, 7) is 0.946. The topological polar surface area (TPSA) is 65.5 Å². The molecule has 0 fully saturated rings. The Morgan fingerprint density at radius 1 is 1.20 bits per heavy atom. The van der Waals surface area contributed by atoms with Crippen LogP contribution in [-0.2, 0) is 4.79 Å². The minimum atomic E-state index is -0.304. The number of hydrogen-bond acceptors (Lipinski definition) is 5. The van der Waals surface area contributed by atoms with E-state index >= 15 is 0 Å². The van der Waals surface area contributed by atoms with Crippen molar-refractivity contribution in [1.82, 2.24) is 14.8 Å². The maximum Gasteiger partial charge on any atom is 0.254 e. The van der Waals surface area contributed by atoms with Crippen LogP contribution in [0.15, 0.2) is 29.8 Å². The van der Waals surface area contributed by atoms with Gasteiger partial charge in [-0.25, -0.2) is 4.98 Å². The summed E-state index contributed by atoms with van der Waals surface area (Å²) in [7, 11) is 3.80. The molecule has 0 spiro atoms. The molecule has 6 nitrogen and oxygen atoms in total. The van der Waals surface area contributed by atoms with Crippen LogP contribution in [-0.4, -0.2) is 60.3 Å². The number of amides is 2. The number of carbonyl (C=O) groups is 2. The maximum atomic E-state index is 12.8. The van der Waals surface area contributed by atoms with Crippen molar-refractivity contribution in [1.29, 1.82) is 0 Å². The average Bonchev–Trinajstić information content (AvgIpc) is 3.06. The highest BCUT2D eigenvalue weighted by atomic mass is 35.5. The molecule has 1 N–H and O–H groups in total. The number of nitrogens with zero attached hydrogens (tertiary/aromatic N) is 3. The minimum Gasteiger partial charge on any atom is -0.328 e. The molecule has 0 atom stereocenters. The van der Waals surface area contributed by atoms with Crippen molar-refractivity contribution in [3.05, 3.63) is 45.4 Å². The monoisotopic (exact) mass is 400 g/mol. The van der Waals surface area contributed by atoms with Crippen LogP contribution in [0.3, 0.4) is 0 Å². The molecule has 0 radical (unpaired) electrons. The first kappa shape index (κ1) is 19.7. The number of nitrogens with one attached hydrogen (secondary N) is 1. The predicted molar refractivity (Wildman–Crippen MR) is 102 cm³/mol. The van der Waals surface area contributed by atoms with Crippen LogP contribution >= 0.6 is 34.5 Å². The molecule has 0 aliphatic heterocycles. The fraction of sp³-hybridized carbons (Fsp3) is 0.312. The van der Waals surface area contributed by atoms with Gasteiger partial charge in [0.2, 0.25) is 5.91 Å². The van der Waals surface area contributed by atoms with Gasteiger partial charge >= 0.3 is 0 Å². The van der Waals surface area contributed by atoms with Gasteiger partial charge in [0.15, 0.2) is 5.13 Å². The van der Waals surface area contributed by atoms with Gasteiger partial charge in [0, 0.05) is 30.2 Å². The molecule has 134 valence electrons. The van der Waals surface area contributed by atoms with Crippen LogP contribution in [0.4, 0.5) is 5.13 Å². The lowest BCUT2D eigenvalue weighted by molar-refractivity contribution is -0.116. The lowest BCUT2D eigenvalue weighted by Crippen LogP contribution is -2.41. The van der Waals surface area contributed by atoms with Crippen molar-refractivity contribution in [2.45, 2.75) is 0 Å². The third-order valence-electron chi connectivity index (χ3n) is 3.28. The number of aromatic nitrogens is 1. The highest BCUT2D eigenvalue weighted by molar-refractivity contribution is 7.13. The number of halogens is 2. The standard InChI is InChI=1S/C16H18Cl2N4O2S/c1-21(2)6-7-22(10-14(23)20-16-19-5-8-25-16)15(24)11-3-4-12(17)13(18)9-11/h3-5,8-9H,6-7,10H2,1-2H3,(H,19,20,23). The highest BCUT2D eigenvalue weighted by Gasteiger charge is 2.20. The van der Waals surface area contributed by atoms with Gasteiger partial charge in [0.1, 0.15) is 6.54 Å². The van der Waals surface area contributed by atoms with Crippen molar-refractivity contribution < 1.29 is 9.59 Å². The van der Waals surface area contributed by atoms with Crippen molar-refractivity contribution in [2.24, 2.45) is 0 Å². The molecule has 0 aliphatic carbocycles. The Balaban J connectivity index is 2.11. The van der Waals surface area contributed by atoms with Gasteiger partial charge in [-0.1, -0.05) is 23.2 Å². The highest BCUT2D eigenvalue weighted by Crippen LogP contribution is 2.23. The van der Waals surface area contributed by atoms with Gasteiger partial charge in [0.25, 0.3) is 5.91 Å². The lowest BCUT2D eigenvalue weighted by Gasteiger charge is -2.24. The fourth-order valence-corrected chi connectivity index (χ4v) is 2.85. The van der Waals surface area contributed by atoms with Crippen LogP contribution in [0, 0.1) is 0 Å². The van der Waals surface area contributed by atoms with Gasteiger partial charge in [-0.15, -0.1) is 11.3 Å². The van der Waals surface area contributed by atoms with Crippen molar-refractivity contribution in [2.75, 3.05) is 39.0 Å². The quantitative estimate of drug-likeness (QED) is 0.775. The Labute approximate surface area is 160 Å². The second kappa shape index (κ2) is 9.15. The summed E-state index contributed by atoms with van der Waals surface area (Å²) in [5.41, 5.74) is 0.384. The van der Waals surface area contributed by atoms with E-state index in [-0.39, 0.29) is 18.4 Å². The van der Waals surface area contributed by atoms with Gasteiger partial charge < -0.3 is 15.1 Å². The zero-order chi connectivity index (χ0) is 18.4. The zero-order valence-corrected chi connectivity index (χ0v) is 16.2. The maximum absolute atomic E-state index is 12.8. The molecule has 0 aliphatic rings. The van der Waals surface area contributed by atoms with E-state index < -0.39 is 0 Å². The van der Waals surface area contributed by atoms with E-state index in [2.05, 4.69) is 10.3 Å². The van der Waals surface area contributed by atoms with E-state index in [0.717, 1.165) is 0 Å². The Bertz CT molecular complexity index is 738. The molecule has 2 amide bonds. The first-order valence-electron chi connectivity index (χ1n) is 7.45. The number of benzene rings is 1. The summed E-state index contributed by atoms with van der Waals surface area (Å²) >= 11 is 13.2.